The number of primary amides is 1. The van der Waals surface area contributed by atoms with Crippen LogP contribution >= 0.6 is 11.6 Å². The Balaban J connectivity index is 2.97. The molecule has 21 heavy (non-hydrogen) atoms. The Morgan fingerprint density at radius 2 is 2.00 bits per heavy atom. The summed E-state index contributed by atoms with van der Waals surface area (Å²) in [6.45, 7) is 3.76. The highest BCUT2D eigenvalue weighted by atomic mass is 35.5. The van der Waals surface area contributed by atoms with Gasteiger partial charge in [0.25, 0.3) is 5.91 Å². The number of amides is 2. The van der Waals surface area contributed by atoms with Crippen LogP contribution in [0.2, 0.25) is 5.15 Å². The van der Waals surface area contributed by atoms with Gasteiger partial charge in [-0.3, -0.25) is 9.59 Å². The Morgan fingerprint density at radius 3 is 2.48 bits per heavy atom. The van der Waals surface area contributed by atoms with Crippen molar-refractivity contribution in [3.8, 4) is 0 Å². The summed E-state index contributed by atoms with van der Waals surface area (Å²) in [5.74, 6) is -2.77. The topological polar surface area (TPSA) is 122 Å². The molecule has 0 aliphatic rings. The summed E-state index contributed by atoms with van der Waals surface area (Å²) in [6.07, 6.45) is -0.489. The minimum absolute atomic E-state index is 0.0520. The van der Waals surface area contributed by atoms with Crippen molar-refractivity contribution in [1.29, 1.82) is 0 Å². The standard InChI is InChI=1S/C13H16ClN3O4/c1-6(2)8-3-7(4-10(14)16-8)12(19)17-9(13(20)21)5-11(15)18/h3-4,6,9H,5H2,1-2H3,(H2,15,18)(H,17,19)(H,20,21). The first-order valence-corrected chi connectivity index (χ1v) is 6.58. The summed E-state index contributed by atoms with van der Waals surface area (Å²) in [6, 6.07) is 1.46. The molecule has 4 N–H and O–H groups in total. The average Bonchev–Trinajstić information content (AvgIpc) is 2.36. The summed E-state index contributed by atoms with van der Waals surface area (Å²) in [7, 11) is 0. The molecule has 0 spiro atoms. The summed E-state index contributed by atoms with van der Waals surface area (Å²) in [4.78, 5) is 37.9. The van der Waals surface area contributed by atoms with Gasteiger partial charge in [0.1, 0.15) is 11.2 Å². The van der Waals surface area contributed by atoms with E-state index in [9.17, 15) is 14.4 Å². The van der Waals surface area contributed by atoms with Crippen LogP contribution in [-0.4, -0.2) is 33.9 Å². The van der Waals surface area contributed by atoms with Gasteiger partial charge in [0.05, 0.1) is 6.42 Å². The van der Waals surface area contributed by atoms with Crippen LogP contribution in [0, 0.1) is 0 Å². The Hall–Kier alpha value is -2.15. The van der Waals surface area contributed by atoms with Gasteiger partial charge in [-0.05, 0) is 18.1 Å². The number of aliphatic carboxylic acids is 1. The summed E-state index contributed by atoms with van der Waals surface area (Å²) >= 11 is 5.84. The lowest BCUT2D eigenvalue weighted by atomic mass is 10.1. The maximum absolute atomic E-state index is 12.1. The number of hydrogen-bond donors (Lipinski definition) is 3. The molecule has 1 rings (SSSR count). The smallest absolute Gasteiger partial charge is 0.326 e. The average molecular weight is 314 g/mol. The molecule has 0 aliphatic carbocycles. The zero-order valence-electron chi connectivity index (χ0n) is 11.6. The van der Waals surface area contributed by atoms with E-state index in [1.807, 2.05) is 13.8 Å². The van der Waals surface area contributed by atoms with Crippen molar-refractivity contribution in [2.45, 2.75) is 32.2 Å². The molecule has 7 nitrogen and oxygen atoms in total. The zero-order chi connectivity index (χ0) is 16.2. The van der Waals surface area contributed by atoms with Crippen molar-refractivity contribution < 1.29 is 19.5 Å². The van der Waals surface area contributed by atoms with Gasteiger partial charge in [-0.25, -0.2) is 9.78 Å². The number of pyridine rings is 1. The summed E-state index contributed by atoms with van der Waals surface area (Å²) in [5, 5.41) is 11.3. The SMILES string of the molecule is CC(C)c1cc(C(=O)NC(CC(N)=O)C(=O)O)cc(Cl)n1. The Kier molecular flexibility index (Phi) is 5.66. The van der Waals surface area contributed by atoms with Crippen molar-refractivity contribution in [2.24, 2.45) is 5.73 Å². The van der Waals surface area contributed by atoms with E-state index in [0.717, 1.165) is 0 Å². The van der Waals surface area contributed by atoms with Crippen LogP contribution in [0.25, 0.3) is 0 Å². The molecule has 1 atom stereocenters. The third-order valence-corrected chi connectivity index (χ3v) is 2.87. The molecule has 0 saturated carbocycles. The third kappa shape index (κ3) is 5.03. The fourth-order valence-corrected chi connectivity index (χ4v) is 1.80. The van der Waals surface area contributed by atoms with Crippen LogP contribution in [-0.2, 0) is 9.59 Å². The number of rotatable bonds is 6. The van der Waals surface area contributed by atoms with E-state index < -0.39 is 30.2 Å². The molecular weight excluding hydrogens is 298 g/mol. The number of carboxylic acid groups (broad SMARTS) is 1. The number of carbonyl (C=O) groups is 3. The summed E-state index contributed by atoms with van der Waals surface area (Å²) in [5.41, 5.74) is 5.73. The van der Waals surface area contributed by atoms with Crippen LogP contribution in [0.15, 0.2) is 12.1 Å². The second kappa shape index (κ2) is 7.03. The van der Waals surface area contributed by atoms with Gasteiger partial charge in [-0.1, -0.05) is 25.4 Å². The normalized spacial score (nSPS) is 12.0. The molecule has 1 heterocycles. The van der Waals surface area contributed by atoms with E-state index in [4.69, 9.17) is 22.4 Å². The molecule has 2 amide bonds. The van der Waals surface area contributed by atoms with Gasteiger partial charge in [0.2, 0.25) is 5.91 Å². The van der Waals surface area contributed by atoms with Gasteiger partial charge < -0.3 is 16.2 Å². The van der Waals surface area contributed by atoms with Crippen molar-refractivity contribution in [2.75, 3.05) is 0 Å². The van der Waals surface area contributed by atoms with Crippen molar-refractivity contribution in [1.82, 2.24) is 10.3 Å². The molecule has 0 aromatic carbocycles. The van der Waals surface area contributed by atoms with E-state index in [0.29, 0.717) is 5.69 Å². The second-order valence-electron chi connectivity index (χ2n) is 4.79. The quantitative estimate of drug-likeness (QED) is 0.674. The van der Waals surface area contributed by atoms with Gasteiger partial charge in [-0.15, -0.1) is 0 Å². The Bertz CT molecular complexity index is 575. The van der Waals surface area contributed by atoms with Crippen molar-refractivity contribution in [3.63, 3.8) is 0 Å². The van der Waals surface area contributed by atoms with Crippen LogP contribution in [0.3, 0.4) is 0 Å². The fourth-order valence-electron chi connectivity index (χ4n) is 1.59. The maximum atomic E-state index is 12.1. The van der Waals surface area contributed by atoms with Gasteiger partial charge in [0.15, 0.2) is 0 Å². The number of halogens is 1. The maximum Gasteiger partial charge on any atom is 0.326 e. The predicted molar refractivity (Wildman–Crippen MR) is 76.0 cm³/mol. The number of nitrogens with two attached hydrogens (primary N) is 1. The van der Waals surface area contributed by atoms with E-state index in [1.165, 1.54) is 12.1 Å². The van der Waals surface area contributed by atoms with Gasteiger partial charge >= 0.3 is 5.97 Å². The highest BCUT2D eigenvalue weighted by molar-refractivity contribution is 6.29. The molecule has 0 aliphatic heterocycles. The largest absolute Gasteiger partial charge is 0.480 e. The number of aromatic nitrogens is 1. The molecule has 8 heteroatoms. The molecule has 0 fully saturated rings. The molecule has 0 bridgehead atoms. The lowest BCUT2D eigenvalue weighted by molar-refractivity contribution is -0.140. The lowest BCUT2D eigenvalue weighted by Gasteiger charge is -2.14. The minimum Gasteiger partial charge on any atom is -0.480 e. The van der Waals surface area contributed by atoms with Gasteiger partial charge in [0, 0.05) is 11.3 Å². The van der Waals surface area contributed by atoms with E-state index in [2.05, 4.69) is 10.3 Å². The molecule has 1 aromatic rings. The zero-order valence-corrected chi connectivity index (χ0v) is 12.3. The molecule has 1 unspecified atom stereocenters. The Labute approximate surface area is 126 Å². The highest BCUT2D eigenvalue weighted by Crippen LogP contribution is 2.17. The molecular formula is C13H16ClN3O4. The first kappa shape index (κ1) is 16.9. The van der Waals surface area contributed by atoms with Crippen LogP contribution in [0.1, 0.15) is 42.2 Å². The van der Waals surface area contributed by atoms with E-state index in [1.54, 1.807) is 0 Å². The molecule has 1 aromatic heterocycles. The van der Waals surface area contributed by atoms with Crippen LogP contribution in [0.4, 0.5) is 0 Å². The minimum atomic E-state index is -1.38. The highest BCUT2D eigenvalue weighted by Gasteiger charge is 2.23. The molecule has 114 valence electrons. The van der Waals surface area contributed by atoms with Gasteiger partial charge in [-0.2, -0.15) is 0 Å². The summed E-state index contributed by atoms with van der Waals surface area (Å²) < 4.78 is 0. The number of hydrogen-bond acceptors (Lipinski definition) is 4. The Morgan fingerprint density at radius 1 is 1.38 bits per heavy atom. The predicted octanol–water partition coefficient (Wildman–Crippen LogP) is 0.917. The first-order chi connectivity index (χ1) is 9.70. The second-order valence-corrected chi connectivity index (χ2v) is 5.18. The number of nitrogens with one attached hydrogen (secondary N) is 1. The fraction of sp³-hybridized carbons (Fsp3) is 0.385. The molecule has 0 radical (unpaired) electrons. The van der Waals surface area contributed by atoms with E-state index in [-0.39, 0.29) is 16.6 Å². The van der Waals surface area contributed by atoms with Crippen molar-refractivity contribution >= 4 is 29.4 Å². The van der Waals surface area contributed by atoms with E-state index >= 15 is 0 Å². The number of nitrogens with zero attached hydrogens (tertiary/aromatic N) is 1. The van der Waals surface area contributed by atoms with Crippen molar-refractivity contribution in [3.05, 3.63) is 28.5 Å². The number of carbonyl (C=O) groups excluding carboxylic acids is 2. The number of carboxylic acids is 1. The molecule has 0 saturated heterocycles. The first-order valence-electron chi connectivity index (χ1n) is 6.20. The van der Waals surface area contributed by atoms with Crippen LogP contribution in [0.5, 0.6) is 0 Å². The lowest BCUT2D eigenvalue weighted by Crippen LogP contribution is -2.43. The third-order valence-electron chi connectivity index (χ3n) is 2.68. The monoisotopic (exact) mass is 313 g/mol. The van der Waals surface area contributed by atoms with Crippen LogP contribution < -0.4 is 11.1 Å².